The summed E-state index contributed by atoms with van der Waals surface area (Å²) in [6.45, 7) is 0.178. The first-order valence-corrected chi connectivity index (χ1v) is 12.9. The van der Waals surface area contributed by atoms with Gasteiger partial charge in [-0.15, -0.1) is 0 Å². The van der Waals surface area contributed by atoms with E-state index in [1.165, 1.54) is 11.0 Å². The van der Waals surface area contributed by atoms with Crippen LogP contribution < -0.4 is 16.4 Å². The van der Waals surface area contributed by atoms with Gasteiger partial charge in [0.2, 0.25) is 11.7 Å². The van der Waals surface area contributed by atoms with Gasteiger partial charge in [-0.2, -0.15) is 0 Å². The van der Waals surface area contributed by atoms with Gasteiger partial charge in [-0.25, -0.2) is 4.98 Å². The summed E-state index contributed by atoms with van der Waals surface area (Å²) in [5.74, 6) is -7.19. The number of primary amides is 1. The van der Waals surface area contributed by atoms with Crippen molar-refractivity contribution < 1.29 is 39.6 Å². The highest BCUT2D eigenvalue weighted by molar-refractivity contribution is 6.25. The molecule has 0 radical (unpaired) electrons. The topological polar surface area (TPSA) is 231 Å². The summed E-state index contributed by atoms with van der Waals surface area (Å²) < 4.78 is 0. The lowest BCUT2D eigenvalue weighted by Gasteiger charge is -2.50. The zero-order valence-corrected chi connectivity index (χ0v) is 22.3. The number of fused-ring (bicyclic) bond motifs is 3. The number of amides is 2. The van der Waals surface area contributed by atoms with Gasteiger partial charge >= 0.3 is 0 Å². The highest BCUT2D eigenvalue weighted by Gasteiger charge is 2.63. The van der Waals surface area contributed by atoms with Crippen molar-refractivity contribution in [2.24, 2.45) is 17.6 Å². The standard InChI is InChI=1S/C27H30N6O8/c1-33(2)20-13-8-12-7-11-3-4-14(32-16(34)10-29-9-15-30-5-6-31-15)21(35)17(11)22(36)18(12)24(38)27(13,41)25(39)19(23(20)37)26(28)40/h3-6,12-13,20,29,35,37-38,41H,7-10H2,1-2H3,(H2,28,40)(H,30,31)(H,32,34)/t12?,13?,20-,27?/m0/s1. The molecule has 3 aliphatic carbocycles. The molecule has 41 heavy (non-hydrogen) atoms. The normalized spacial score (nSPS) is 25.6. The third-order valence-corrected chi connectivity index (χ3v) is 8.00. The maximum absolute atomic E-state index is 13.7. The largest absolute Gasteiger partial charge is 0.510 e. The number of imidazole rings is 1. The van der Waals surface area contributed by atoms with Crippen LogP contribution in [-0.4, -0.2) is 91.0 Å². The number of aromatic amines is 1. The van der Waals surface area contributed by atoms with Crippen molar-refractivity contribution in [1.29, 1.82) is 0 Å². The number of nitrogens with zero attached hydrogens (tertiary/aromatic N) is 2. The molecule has 1 aromatic heterocycles. The van der Waals surface area contributed by atoms with Crippen molar-refractivity contribution in [3.8, 4) is 5.75 Å². The Morgan fingerprint density at radius 2 is 1.95 bits per heavy atom. The molecule has 14 nitrogen and oxygen atoms in total. The number of aliphatic hydroxyl groups excluding tert-OH is 2. The van der Waals surface area contributed by atoms with E-state index in [0.717, 1.165) is 0 Å². The van der Waals surface area contributed by atoms with E-state index in [9.17, 15) is 39.6 Å². The van der Waals surface area contributed by atoms with Gasteiger partial charge in [0.15, 0.2) is 17.1 Å². The zero-order valence-electron chi connectivity index (χ0n) is 22.3. The van der Waals surface area contributed by atoms with Crippen LogP contribution in [0.3, 0.4) is 0 Å². The molecule has 9 N–H and O–H groups in total. The van der Waals surface area contributed by atoms with E-state index in [4.69, 9.17) is 5.73 Å². The number of benzene rings is 1. The van der Waals surface area contributed by atoms with Crippen LogP contribution in [0.15, 0.2) is 47.2 Å². The minimum Gasteiger partial charge on any atom is -0.510 e. The summed E-state index contributed by atoms with van der Waals surface area (Å²) >= 11 is 0. The molecule has 0 bridgehead atoms. The number of nitrogens with two attached hydrogens (primary N) is 1. The maximum atomic E-state index is 13.7. The molecule has 2 amide bonds. The Bertz CT molecular complexity index is 1530. The number of phenolic OH excluding ortho intramolecular Hbond substituents is 1. The first-order valence-electron chi connectivity index (χ1n) is 12.9. The minimum atomic E-state index is -2.72. The number of hydrogen-bond donors (Lipinski definition) is 8. The number of H-pyrrole nitrogens is 1. The third kappa shape index (κ3) is 4.36. The van der Waals surface area contributed by atoms with Crippen molar-refractivity contribution >= 4 is 29.1 Å². The summed E-state index contributed by atoms with van der Waals surface area (Å²) in [6.07, 6.45) is 3.36. The van der Waals surface area contributed by atoms with E-state index in [-0.39, 0.29) is 36.2 Å². The molecule has 5 rings (SSSR count). The summed E-state index contributed by atoms with van der Waals surface area (Å²) in [5, 5.41) is 50.2. The highest BCUT2D eigenvalue weighted by atomic mass is 16.3. The number of rotatable bonds is 7. The second kappa shape index (κ2) is 10.1. The number of anilines is 1. The number of phenols is 1. The van der Waals surface area contributed by atoms with Gasteiger partial charge in [0.25, 0.3) is 5.91 Å². The van der Waals surface area contributed by atoms with E-state index >= 15 is 0 Å². The number of hydrogen-bond acceptors (Lipinski definition) is 11. The predicted molar refractivity (Wildman–Crippen MR) is 143 cm³/mol. The zero-order chi connectivity index (χ0) is 29.8. The number of nitrogens with one attached hydrogen (secondary N) is 3. The SMILES string of the molecule is CN(C)[C@@H]1C(O)=C(C(N)=O)C(=O)C2(O)C(O)=C3C(=O)c4c(ccc(NC(=O)CNCc5ncc[nH]5)c4O)CC3CC12. The summed E-state index contributed by atoms with van der Waals surface area (Å²) in [6, 6.07) is 1.97. The van der Waals surface area contributed by atoms with Crippen molar-refractivity contribution in [2.45, 2.75) is 31.0 Å². The van der Waals surface area contributed by atoms with E-state index in [1.54, 1.807) is 32.6 Å². The van der Waals surface area contributed by atoms with Crippen LogP contribution in [0.2, 0.25) is 0 Å². The van der Waals surface area contributed by atoms with Crippen molar-refractivity contribution in [2.75, 3.05) is 26.0 Å². The van der Waals surface area contributed by atoms with Gasteiger partial charge in [-0.3, -0.25) is 24.1 Å². The van der Waals surface area contributed by atoms with Crippen LogP contribution in [0.25, 0.3) is 0 Å². The lowest BCUT2D eigenvalue weighted by Crippen LogP contribution is -2.63. The number of ketones is 2. The van der Waals surface area contributed by atoms with Crippen molar-refractivity contribution in [3.05, 3.63) is 64.1 Å². The monoisotopic (exact) mass is 566 g/mol. The van der Waals surface area contributed by atoms with Crippen molar-refractivity contribution in [3.63, 3.8) is 0 Å². The number of Topliss-reactive ketones (excluding diaryl/α,β-unsaturated/α-hetero) is 2. The van der Waals surface area contributed by atoms with Crippen LogP contribution >= 0.6 is 0 Å². The number of aromatic hydroxyl groups is 1. The predicted octanol–water partition coefficient (Wildman–Crippen LogP) is -0.428. The van der Waals surface area contributed by atoms with Gasteiger partial charge in [0.05, 0.1) is 30.4 Å². The van der Waals surface area contributed by atoms with E-state index < -0.39 is 69.7 Å². The third-order valence-electron chi connectivity index (χ3n) is 8.00. The molecule has 0 spiro atoms. The average Bonchev–Trinajstić information content (AvgIpc) is 3.41. The minimum absolute atomic E-state index is 0.00759. The number of allylic oxidation sites excluding steroid dienone is 1. The summed E-state index contributed by atoms with van der Waals surface area (Å²) in [7, 11) is 3.13. The molecule has 0 aliphatic heterocycles. The number of carbonyl (C=O) groups is 4. The molecule has 2 aromatic rings. The Morgan fingerprint density at radius 3 is 2.59 bits per heavy atom. The van der Waals surface area contributed by atoms with Gasteiger partial charge < -0.3 is 41.8 Å². The van der Waals surface area contributed by atoms with E-state index in [2.05, 4.69) is 20.6 Å². The van der Waals surface area contributed by atoms with Gasteiger partial charge in [-0.05, 0) is 44.5 Å². The average molecular weight is 567 g/mol. The molecule has 3 aliphatic rings. The smallest absolute Gasteiger partial charge is 0.255 e. The van der Waals surface area contributed by atoms with Gasteiger partial charge in [-0.1, -0.05) is 6.07 Å². The van der Waals surface area contributed by atoms with Crippen LogP contribution in [0.4, 0.5) is 5.69 Å². The molecular formula is C27H30N6O8. The first kappa shape index (κ1) is 28.0. The molecule has 1 aromatic carbocycles. The summed E-state index contributed by atoms with van der Waals surface area (Å²) in [4.78, 5) is 60.1. The maximum Gasteiger partial charge on any atom is 0.255 e. The second-order valence-electron chi connectivity index (χ2n) is 10.6. The Kier molecular flexibility index (Phi) is 6.93. The number of likely N-dealkylation sites (N-methyl/N-ethyl adjacent to an activating group) is 1. The first-order chi connectivity index (χ1) is 19.4. The number of aromatic nitrogens is 2. The molecule has 14 heteroatoms. The Labute approximate surface area is 233 Å². The number of carbonyl (C=O) groups excluding carboxylic acids is 4. The molecular weight excluding hydrogens is 536 g/mol. The number of aliphatic hydroxyl groups is 3. The fourth-order valence-corrected chi connectivity index (χ4v) is 6.21. The highest BCUT2D eigenvalue weighted by Crippen LogP contribution is 2.52. The Morgan fingerprint density at radius 1 is 1.22 bits per heavy atom. The second-order valence-corrected chi connectivity index (χ2v) is 10.6. The molecule has 1 heterocycles. The quantitative estimate of drug-likeness (QED) is 0.158. The molecule has 0 saturated carbocycles. The fourth-order valence-electron chi connectivity index (χ4n) is 6.21. The van der Waals surface area contributed by atoms with E-state index in [0.29, 0.717) is 17.9 Å². The summed E-state index contributed by atoms with van der Waals surface area (Å²) in [5.41, 5.74) is 1.69. The van der Waals surface area contributed by atoms with Crippen molar-refractivity contribution in [1.82, 2.24) is 20.2 Å². The Hall–Kier alpha value is -4.53. The molecule has 4 atom stereocenters. The van der Waals surface area contributed by atoms with Gasteiger partial charge in [0, 0.05) is 23.9 Å². The van der Waals surface area contributed by atoms with Crippen LogP contribution in [0.1, 0.15) is 28.2 Å². The molecule has 0 fully saturated rings. The lowest BCUT2D eigenvalue weighted by molar-refractivity contribution is -0.148. The Balaban J connectivity index is 1.48. The van der Waals surface area contributed by atoms with E-state index in [1.807, 2.05) is 0 Å². The van der Waals surface area contributed by atoms with Gasteiger partial charge in [0.1, 0.15) is 22.9 Å². The van der Waals surface area contributed by atoms with Crippen LogP contribution in [0, 0.1) is 11.8 Å². The molecule has 216 valence electrons. The van der Waals surface area contributed by atoms with Crippen LogP contribution in [0.5, 0.6) is 5.75 Å². The van der Waals surface area contributed by atoms with Crippen LogP contribution in [-0.2, 0) is 27.3 Å². The molecule has 0 saturated heterocycles. The fraction of sp³-hybridized carbons (Fsp3) is 0.370. The molecule has 3 unspecified atom stereocenters. The lowest BCUT2D eigenvalue weighted by atomic mass is 9.58.